The van der Waals surface area contributed by atoms with Gasteiger partial charge >= 0.3 is 0 Å². The van der Waals surface area contributed by atoms with Crippen molar-refractivity contribution < 1.29 is 18.6 Å². The van der Waals surface area contributed by atoms with Crippen molar-refractivity contribution in [3.8, 4) is 0 Å². The maximum Gasteiger partial charge on any atom is 0.135 e. The van der Waals surface area contributed by atoms with Gasteiger partial charge in [-0.25, -0.2) is 8.78 Å². The molecule has 1 aromatic carbocycles. The highest BCUT2D eigenvalue weighted by atomic mass is 19.1. The van der Waals surface area contributed by atoms with Crippen molar-refractivity contribution in [1.29, 1.82) is 0 Å². The summed E-state index contributed by atoms with van der Waals surface area (Å²) >= 11 is 0. The lowest BCUT2D eigenvalue weighted by Gasteiger charge is -2.21. The predicted molar refractivity (Wildman–Crippen MR) is 73.3 cm³/mol. The molecule has 0 saturated heterocycles. The Hall–Kier alpha value is -1.00. The molecule has 0 fully saturated rings. The third-order valence-electron chi connectivity index (χ3n) is 3.82. The average Bonchev–Trinajstić information content (AvgIpc) is 2.41. The lowest BCUT2D eigenvalue weighted by molar-refractivity contribution is -0.962. The Morgan fingerprint density at radius 1 is 0.842 bits per heavy atom. The molecule has 2 N–H and O–H groups in total. The largest absolute Gasteiger partial charge is 0.331 e. The molecular formula is C15H26F2N2+2. The highest BCUT2D eigenvalue weighted by Crippen LogP contribution is 2.10. The van der Waals surface area contributed by atoms with Crippen LogP contribution in [0.25, 0.3) is 0 Å². The van der Waals surface area contributed by atoms with Gasteiger partial charge < -0.3 is 9.80 Å². The van der Waals surface area contributed by atoms with Crippen LogP contribution in [0.3, 0.4) is 0 Å². The first kappa shape index (κ1) is 16.1. The molecule has 0 saturated carbocycles. The molecule has 1 rings (SSSR count). The monoisotopic (exact) mass is 272 g/mol. The highest BCUT2D eigenvalue weighted by molar-refractivity contribution is 5.18. The fraction of sp³-hybridized carbons (Fsp3) is 0.600. The summed E-state index contributed by atoms with van der Waals surface area (Å²) in [6, 6.07) is 4.09. The van der Waals surface area contributed by atoms with E-state index in [0.717, 1.165) is 32.7 Å². The van der Waals surface area contributed by atoms with Gasteiger partial charge in [0.25, 0.3) is 0 Å². The van der Waals surface area contributed by atoms with Crippen LogP contribution in [-0.4, -0.2) is 32.7 Å². The minimum Gasteiger partial charge on any atom is -0.331 e. The number of nitrogens with one attached hydrogen (secondary N) is 2. The standard InChI is InChI=1S/C15H24F2N2/c1-4-18(5-2)10-11-19(6-3)12-13-14(16)8-7-9-15(13)17/h7-9H,4-6,10-12H2,1-3H3/p+2. The lowest BCUT2D eigenvalue weighted by Crippen LogP contribution is -3.19. The Labute approximate surface area is 115 Å². The molecule has 0 bridgehead atoms. The zero-order valence-corrected chi connectivity index (χ0v) is 12.2. The van der Waals surface area contributed by atoms with E-state index in [4.69, 9.17) is 0 Å². The number of hydrogen-bond acceptors (Lipinski definition) is 0. The van der Waals surface area contributed by atoms with Gasteiger partial charge in [0.05, 0.1) is 25.2 Å². The first-order valence-electron chi connectivity index (χ1n) is 7.22. The van der Waals surface area contributed by atoms with E-state index < -0.39 is 11.6 Å². The van der Waals surface area contributed by atoms with Gasteiger partial charge in [0.2, 0.25) is 0 Å². The molecule has 19 heavy (non-hydrogen) atoms. The van der Waals surface area contributed by atoms with Crippen LogP contribution >= 0.6 is 0 Å². The van der Waals surface area contributed by atoms with E-state index in [9.17, 15) is 8.78 Å². The zero-order chi connectivity index (χ0) is 14.3. The van der Waals surface area contributed by atoms with E-state index in [0.29, 0.717) is 6.54 Å². The SMILES string of the molecule is CC[NH+](CC)CC[NH+](CC)Cc1c(F)cccc1F. The summed E-state index contributed by atoms with van der Waals surface area (Å²) in [5, 5.41) is 0. The Morgan fingerprint density at radius 2 is 1.32 bits per heavy atom. The predicted octanol–water partition coefficient (Wildman–Crippen LogP) is 0.294. The zero-order valence-electron chi connectivity index (χ0n) is 12.2. The second-order valence-electron chi connectivity index (χ2n) is 4.94. The van der Waals surface area contributed by atoms with Gasteiger partial charge in [0.15, 0.2) is 0 Å². The number of hydrogen-bond donors (Lipinski definition) is 2. The quantitative estimate of drug-likeness (QED) is 0.673. The molecule has 0 aliphatic rings. The van der Waals surface area contributed by atoms with E-state index in [1.807, 2.05) is 0 Å². The van der Waals surface area contributed by atoms with Gasteiger partial charge in [-0.15, -0.1) is 0 Å². The molecule has 0 aromatic heterocycles. The normalized spacial score (nSPS) is 12.9. The smallest absolute Gasteiger partial charge is 0.135 e. The van der Waals surface area contributed by atoms with Crippen molar-refractivity contribution in [3.63, 3.8) is 0 Å². The van der Waals surface area contributed by atoms with Crippen LogP contribution in [0.5, 0.6) is 0 Å². The topological polar surface area (TPSA) is 8.88 Å². The second-order valence-corrected chi connectivity index (χ2v) is 4.94. The Kier molecular flexibility index (Phi) is 6.95. The van der Waals surface area contributed by atoms with Crippen molar-refractivity contribution in [2.45, 2.75) is 27.3 Å². The molecule has 108 valence electrons. The summed E-state index contributed by atoms with van der Waals surface area (Å²) in [6.45, 7) is 11.9. The molecular weight excluding hydrogens is 246 g/mol. The van der Waals surface area contributed by atoms with Crippen LogP contribution in [0.1, 0.15) is 26.3 Å². The molecule has 0 aliphatic heterocycles. The number of rotatable bonds is 8. The molecule has 0 aliphatic carbocycles. The number of likely N-dealkylation sites (N-methyl/N-ethyl adjacent to an activating group) is 2. The van der Waals surface area contributed by atoms with Crippen LogP contribution in [-0.2, 0) is 6.54 Å². The van der Waals surface area contributed by atoms with Crippen LogP contribution in [0, 0.1) is 11.6 Å². The lowest BCUT2D eigenvalue weighted by atomic mass is 10.2. The number of halogens is 2. The highest BCUT2D eigenvalue weighted by Gasteiger charge is 2.16. The first-order valence-corrected chi connectivity index (χ1v) is 7.22. The maximum atomic E-state index is 13.6. The Bertz CT molecular complexity index is 358. The van der Waals surface area contributed by atoms with Gasteiger partial charge in [-0.2, -0.15) is 0 Å². The fourth-order valence-electron chi connectivity index (χ4n) is 2.30. The maximum absolute atomic E-state index is 13.6. The molecule has 0 heterocycles. The second kappa shape index (κ2) is 8.23. The van der Waals surface area contributed by atoms with Gasteiger partial charge in [-0.3, -0.25) is 0 Å². The molecule has 4 heteroatoms. The first-order chi connectivity index (χ1) is 9.12. The van der Waals surface area contributed by atoms with Crippen molar-refractivity contribution in [2.75, 3.05) is 32.7 Å². The van der Waals surface area contributed by atoms with Crippen LogP contribution in [0.2, 0.25) is 0 Å². The van der Waals surface area contributed by atoms with Crippen LogP contribution in [0.4, 0.5) is 8.78 Å². The van der Waals surface area contributed by atoms with Crippen LogP contribution < -0.4 is 9.80 Å². The molecule has 2 nitrogen and oxygen atoms in total. The number of quaternary nitrogens is 2. The molecule has 0 spiro atoms. The summed E-state index contributed by atoms with van der Waals surface area (Å²) in [6.07, 6.45) is 0. The number of benzene rings is 1. The van der Waals surface area contributed by atoms with Crippen molar-refractivity contribution in [3.05, 3.63) is 35.4 Å². The van der Waals surface area contributed by atoms with Gasteiger partial charge in [0, 0.05) is 0 Å². The average molecular weight is 272 g/mol. The molecule has 1 unspecified atom stereocenters. The van der Waals surface area contributed by atoms with E-state index >= 15 is 0 Å². The molecule has 1 atom stereocenters. The fourth-order valence-corrected chi connectivity index (χ4v) is 2.30. The van der Waals surface area contributed by atoms with Crippen LogP contribution in [0.15, 0.2) is 18.2 Å². The Morgan fingerprint density at radius 3 is 1.79 bits per heavy atom. The van der Waals surface area contributed by atoms with Crippen molar-refractivity contribution in [1.82, 2.24) is 0 Å². The minimum absolute atomic E-state index is 0.217. The third kappa shape index (κ3) is 4.88. The van der Waals surface area contributed by atoms with E-state index in [-0.39, 0.29) is 5.56 Å². The van der Waals surface area contributed by atoms with Gasteiger partial charge in [0.1, 0.15) is 31.3 Å². The molecule has 1 aromatic rings. The molecule has 0 amide bonds. The molecule has 0 radical (unpaired) electrons. The van der Waals surface area contributed by atoms with Gasteiger partial charge in [-0.05, 0) is 32.9 Å². The van der Waals surface area contributed by atoms with E-state index in [2.05, 4.69) is 20.8 Å². The summed E-state index contributed by atoms with van der Waals surface area (Å²) in [4.78, 5) is 2.75. The van der Waals surface area contributed by atoms with Crippen molar-refractivity contribution in [2.24, 2.45) is 0 Å². The summed E-state index contributed by atoms with van der Waals surface area (Å²) in [7, 11) is 0. The Balaban J connectivity index is 2.61. The summed E-state index contributed by atoms with van der Waals surface area (Å²) < 4.78 is 27.2. The van der Waals surface area contributed by atoms with Crippen molar-refractivity contribution >= 4 is 0 Å². The van der Waals surface area contributed by atoms with Gasteiger partial charge in [-0.1, -0.05) is 6.07 Å². The summed E-state index contributed by atoms with van der Waals surface area (Å²) in [5.74, 6) is -0.859. The van der Waals surface area contributed by atoms with E-state index in [1.165, 1.54) is 28.0 Å². The third-order valence-corrected chi connectivity index (χ3v) is 3.82. The minimum atomic E-state index is -0.430. The summed E-state index contributed by atoms with van der Waals surface area (Å²) in [5.41, 5.74) is 0.217. The van der Waals surface area contributed by atoms with E-state index in [1.54, 1.807) is 0 Å².